The van der Waals surface area contributed by atoms with Crippen LogP contribution >= 0.6 is 0 Å². The van der Waals surface area contributed by atoms with Crippen molar-refractivity contribution < 1.29 is 14.4 Å². The van der Waals surface area contributed by atoms with Crippen molar-refractivity contribution in [2.75, 3.05) is 6.54 Å². The molecule has 18 heavy (non-hydrogen) atoms. The van der Waals surface area contributed by atoms with Crippen LogP contribution in [0, 0.1) is 5.41 Å². The van der Waals surface area contributed by atoms with E-state index in [1.165, 1.54) is 6.92 Å². The van der Waals surface area contributed by atoms with E-state index >= 15 is 0 Å². The fraction of sp³-hybridized carbons (Fsp3) is 0.750. The van der Waals surface area contributed by atoms with E-state index in [9.17, 15) is 14.4 Å². The van der Waals surface area contributed by atoms with Crippen LogP contribution in [-0.4, -0.2) is 30.2 Å². The SMILES string of the molecule is CC(=O)N[C@@H](CCCN)C(=O)CC(C)(C)C(N)=O. The number of nitrogens with two attached hydrogens (primary N) is 2. The van der Waals surface area contributed by atoms with Gasteiger partial charge in [-0.2, -0.15) is 0 Å². The molecule has 0 bridgehead atoms. The fourth-order valence-electron chi connectivity index (χ4n) is 1.53. The van der Waals surface area contributed by atoms with Gasteiger partial charge >= 0.3 is 0 Å². The molecule has 0 aromatic rings. The van der Waals surface area contributed by atoms with Gasteiger partial charge in [-0.1, -0.05) is 13.8 Å². The molecule has 1 atom stereocenters. The smallest absolute Gasteiger partial charge is 0.223 e. The van der Waals surface area contributed by atoms with Gasteiger partial charge in [-0.05, 0) is 19.4 Å². The van der Waals surface area contributed by atoms with Gasteiger partial charge in [0.05, 0.1) is 11.5 Å². The van der Waals surface area contributed by atoms with Gasteiger partial charge < -0.3 is 16.8 Å². The molecule has 0 radical (unpaired) electrons. The second kappa shape index (κ2) is 7.10. The van der Waals surface area contributed by atoms with E-state index in [1.54, 1.807) is 13.8 Å². The summed E-state index contributed by atoms with van der Waals surface area (Å²) in [6, 6.07) is -0.593. The van der Waals surface area contributed by atoms with Crippen LogP contribution in [0.15, 0.2) is 0 Å². The minimum absolute atomic E-state index is 0.0118. The minimum Gasteiger partial charge on any atom is -0.369 e. The molecule has 0 unspecified atom stereocenters. The first-order valence-electron chi connectivity index (χ1n) is 6.00. The predicted molar refractivity (Wildman–Crippen MR) is 68.5 cm³/mol. The van der Waals surface area contributed by atoms with E-state index in [2.05, 4.69) is 5.32 Å². The zero-order valence-electron chi connectivity index (χ0n) is 11.3. The van der Waals surface area contributed by atoms with Crippen molar-refractivity contribution in [3.63, 3.8) is 0 Å². The summed E-state index contributed by atoms with van der Waals surface area (Å²) in [5, 5.41) is 2.58. The topological polar surface area (TPSA) is 115 Å². The predicted octanol–water partition coefficient (Wildman–Crippen LogP) is -0.299. The molecule has 0 rings (SSSR count). The molecule has 0 aromatic carbocycles. The number of primary amides is 1. The Labute approximate surface area is 107 Å². The summed E-state index contributed by atoms with van der Waals surface area (Å²) in [6.45, 7) is 5.02. The van der Waals surface area contributed by atoms with E-state index < -0.39 is 17.4 Å². The van der Waals surface area contributed by atoms with Crippen LogP contribution in [0.5, 0.6) is 0 Å². The molecule has 2 amide bonds. The zero-order chi connectivity index (χ0) is 14.3. The van der Waals surface area contributed by atoms with Crippen molar-refractivity contribution in [1.82, 2.24) is 5.32 Å². The molecule has 6 heteroatoms. The molecule has 104 valence electrons. The molecule has 0 aliphatic heterocycles. The molecule has 0 saturated heterocycles. The maximum absolute atomic E-state index is 12.0. The average molecular weight is 257 g/mol. The maximum atomic E-state index is 12.0. The molecular formula is C12H23N3O3. The lowest BCUT2D eigenvalue weighted by molar-refractivity contribution is -0.133. The van der Waals surface area contributed by atoms with Gasteiger partial charge in [0.1, 0.15) is 0 Å². The van der Waals surface area contributed by atoms with Gasteiger partial charge in [0.25, 0.3) is 0 Å². The Kier molecular flexibility index (Phi) is 6.54. The highest BCUT2D eigenvalue weighted by atomic mass is 16.2. The number of hydrogen-bond donors (Lipinski definition) is 3. The summed E-state index contributed by atoms with van der Waals surface area (Å²) in [4.78, 5) is 34.3. The molecule has 6 nitrogen and oxygen atoms in total. The monoisotopic (exact) mass is 257 g/mol. The molecule has 0 fully saturated rings. The quantitative estimate of drug-likeness (QED) is 0.553. The highest BCUT2D eigenvalue weighted by Gasteiger charge is 2.31. The largest absolute Gasteiger partial charge is 0.369 e. The summed E-state index contributed by atoms with van der Waals surface area (Å²) in [5.74, 6) is -0.999. The summed E-state index contributed by atoms with van der Waals surface area (Å²) < 4.78 is 0. The molecular weight excluding hydrogens is 234 g/mol. The van der Waals surface area contributed by atoms with E-state index in [1.807, 2.05) is 0 Å². The Hall–Kier alpha value is -1.43. The van der Waals surface area contributed by atoms with Crippen LogP contribution in [0.1, 0.15) is 40.0 Å². The Balaban J connectivity index is 4.64. The maximum Gasteiger partial charge on any atom is 0.223 e. The van der Waals surface area contributed by atoms with Gasteiger partial charge in [-0.25, -0.2) is 0 Å². The number of amides is 2. The van der Waals surface area contributed by atoms with Crippen molar-refractivity contribution in [3.8, 4) is 0 Å². The zero-order valence-corrected chi connectivity index (χ0v) is 11.3. The third-order valence-corrected chi connectivity index (χ3v) is 2.75. The molecule has 0 heterocycles. The third kappa shape index (κ3) is 5.77. The van der Waals surface area contributed by atoms with Gasteiger partial charge in [0, 0.05) is 13.3 Å². The van der Waals surface area contributed by atoms with E-state index in [-0.39, 0.29) is 18.1 Å². The lowest BCUT2D eigenvalue weighted by Crippen LogP contribution is -2.43. The highest BCUT2D eigenvalue weighted by Crippen LogP contribution is 2.21. The van der Waals surface area contributed by atoms with E-state index in [4.69, 9.17) is 11.5 Å². The van der Waals surface area contributed by atoms with Crippen LogP contribution in [0.3, 0.4) is 0 Å². The Morgan fingerprint density at radius 1 is 1.28 bits per heavy atom. The minimum atomic E-state index is -0.906. The van der Waals surface area contributed by atoms with Gasteiger partial charge in [0.2, 0.25) is 11.8 Å². The molecule has 5 N–H and O–H groups in total. The summed E-state index contributed by atoms with van der Waals surface area (Å²) in [7, 11) is 0. The Bertz CT molecular complexity index is 327. The van der Waals surface area contributed by atoms with Crippen molar-refractivity contribution in [2.24, 2.45) is 16.9 Å². The summed E-state index contributed by atoms with van der Waals surface area (Å²) in [5.41, 5.74) is 9.70. The van der Waals surface area contributed by atoms with Crippen LogP contribution < -0.4 is 16.8 Å². The first-order chi connectivity index (χ1) is 8.20. The second-order valence-corrected chi connectivity index (χ2v) is 5.08. The number of carbonyl (C=O) groups is 3. The van der Waals surface area contributed by atoms with Crippen molar-refractivity contribution >= 4 is 17.6 Å². The Morgan fingerprint density at radius 2 is 1.83 bits per heavy atom. The molecule has 0 saturated carbocycles. The van der Waals surface area contributed by atoms with Gasteiger partial charge in [0.15, 0.2) is 5.78 Å². The van der Waals surface area contributed by atoms with Crippen LogP contribution in [0.2, 0.25) is 0 Å². The first kappa shape index (κ1) is 16.6. The van der Waals surface area contributed by atoms with Crippen LogP contribution in [-0.2, 0) is 14.4 Å². The van der Waals surface area contributed by atoms with E-state index in [0.717, 1.165) is 0 Å². The van der Waals surface area contributed by atoms with Crippen molar-refractivity contribution in [3.05, 3.63) is 0 Å². The summed E-state index contributed by atoms with van der Waals surface area (Å²) >= 11 is 0. The molecule has 0 aliphatic rings. The van der Waals surface area contributed by atoms with Crippen LogP contribution in [0.25, 0.3) is 0 Å². The first-order valence-corrected chi connectivity index (χ1v) is 6.00. The average Bonchev–Trinajstić information content (AvgIpc) is 2.22. The van der Waals surface area contributed by atoms with Crippen molar-refractivity contribution in [1.29, 1.82) is 0 Å². The Morgan fingerprint density at radius 3 is 2.22 bits per heavy atom. The summed E-state index contributed by atoms with van der Waals surface area (Å²) in [6.07, 6.45) is 1.12. The van der Waals surface area contributed by atoms with E-state index in [0.29, 0.717) is 19.4 Å². The molecule has 0 aliphatic carbocycles. The molecule has 0 spiro atoms. The normalized spacial score (nSPS) is 12.9. The number of ketones is 1. The van der Waals surface area contributed by atoms with Crippen molar-refractivity contribution in [2.45, 2.75) is 46.1 Å². The molecule has 0 aromatic heterocycles. The number of rotatable bonds is 8. The number of carbonyl (C=O) groups excluding carboxylic acids is 3. The lowest BCUT2D eigenvalue weighted by atomic mass is 9.84. The number of nitrogens with one attached hydrogen (secondary N) is 1. The third-order valence-electron chi connectivity index (χ3n) is 2.75. The van der Waals surface area contributed by atoms with Gasteiger partial charge in [-0.15, -0.1) is 0 Å². The lowest BCUT2D eigenvalue weighted by Gasteiger charge is -2.23. The fourth-order valence-corrected chi connectivity index (χ4v) is 1.53. The second-order valence-electron chi connectivity index (χ2n) is 5.08. The van der Waals surface area contributed by atoms with Gasteiger partial charge in [-0.3, -0.25) is 14.4 Å². The highest BCUT2D eigenvalue weighted by molar-refractivity contribution is 5.93. The number of hydrogen-bond acceptors (Lipinski definition) is 4. The number of Topliss-reactive ketones (excluding diaryl/α,β-unsaturated/α-hetero) is 1. The standard InChI is InChI=1S/C12H23N3O3/c1-8(16)15-9(5-4-6-13)10(17)7-12(2,3)11(14)18/h9H,4-7,13H2,1-3H3,(H2,14,18)(H,15,16)/t9-/m0/s1. The van der Waals surface area contributed by atoms with Crippen LogP contribution in [0.4, 0.5) is 0 Å².